The Kier molecular flexibility index (Phi) is 7.82. The first-order valence-corrected chi connectivity index (χ1v) is 5.26. The molecule has 0 spiro atoms. The van der Waals surface area contributed by atoms with E-state index >= 15 is 0 Å². The highest BCUT2D eigenvalue weighted by atomic mass is 16.7. The number of methoxy groups -OCH3 is 2. The number of nitrogens with zero attached hydrogens (tertiary/aromatic N) is 1. The molecule has 4 atom stereocenters. The minimum absolute atomic E-state index is 0.392. The second-order valence-electron chi connectivity index (χ2n) is 3.46. The van der Waals surface area contributed by atoms with E-state index in [0.29, 0.717) is 0 Å². The predicted octanol–water partition coefficient (Wildman–Crippen LogP) is 1.39. The summed E-state index contributed by atoms with van der Waals surface area (Å²) in [5.41, 5.74) is 0. The largest absolute Gasteiger partial charge is 0.356 e. The second kappa shape index (κ2) is 7.94. The van der Waals surface area contributed by atoms with Gasteiger partial charge in [-0.15, -0.1) is 5.06 Å². The molecule has 0 aromatic rings. The molecule has 6 nitrogen and oxygen atoms in total. The molecule has 0 fully saturated rings. The highest BCUT2D eigenvalue weighted by Gasteiger charge is 2.22. The fraction of sp³-hybridized carbons (Fsp3) is 1.00. The van der Waals surface area contributed by atoms with Gasteiger partial charge in [-0.1, -0.05) is 0 Å². The Balaban J connectivity index is 4.05. The summed E-state index contributed by atoms with van der Waals surface area (Å²) in [6.07, 6.45) is -1.85. The molecule has 98 valence electrons. The number of hydrogen-bond donors (Lipinski definition) is 1. The van der Waals surface area contributed by atoms with E-state index in [9.17, 15) is 5.21 Å². The maximum Gasteiger partial charge on any atom is 0.156 e. The molecule has 0 aromatic carbocycles. The van der Waals surface area contributed by atoms with Crippen LogP contribution in [0.1, 0.15) is 27.7 Å². The lowest BCUT2D eigenvalue weighted by Crippen LogP contribution is -2.43. The average molecular weight is 237 g/mol. The molecule has 0 aliphatic carbocycles. The van der Waals surface area contributed by atoms with Crippen molar-refractivity contribution >= 4 is 0 Å². The lowest BCUT2D eigenvalue weighted by atomic mass is 10.5. The summed E-state index contributed by atoms with van der Waals surface area (Å²) in [4.78, 5) is 0. The minimum Gasteiger partial charge on any atom is -0.356 e. The van der Waals surface area contributed by atoms with Crippen molar-refractivity contribution in [3.8, 4) is 0 Å². The molecule has 0 saturated carbocycles. The Morgan fingerprint density at radius 2 is 1.12 bits per heavy atom. The lowest BCUT2D eigenvalue weighted by Gasteiger charge is -2.30. The zero-order valence-electron chi connectivity index (χ0n) is 10.8. The molecule has 0 aliphatic rings. The van der Waals surface area contributed by atoms with Gasteiger partial charge in [-0.2, -0.15) is 0 Å². The summed E-state index contributed by atoms with van der Waals surface area (Å²) in [7, 11) is 3.07. The fourth-order valence-corrected chi connectivity index (χ4v) is 1.09. The quantitative estimate of drug-likeness (QED) is 0.508. The molecule has 1 N–H and O–H groups in total. The minimum atomic E-state index is -0.533. The van der Waals surface area contributed by atoms with Gasteiger partial charge in [0.2, 0.25) is 0 Å². The first-order chi connectivity index (χ1) is 7.42. The van der Waals surface area contributed by atoms with Crippen molar-refractivity contribution in [3.05, 3.63) is 0 Å². The van der Waals surface area contributed by atoms with Crippen LogP contribution >= 0.6 is 0 Å². The van der Waals surface area contributed by atoms with E-state index in [0.717, 1.165) is 5.06 Å². The van der Waals surface area contributed by atoms with Crippen LogP contribution in [0, 0.1) is 0 Å². The van der Waals surface area contributed by atoms with E-state index < -0.39 is 25.0 Å². The van der Waals surface area contributed by atoms with Gasteiger partial charge in [0.1, 0.15) is 12.5 Å². The van der Waals surface area contributed by atoms with Gasteiger partial charge >= 0.3 is 0 Å². The molecule has 0 radical (unpaired) electrons. The van der Waals surface area contributed by atoms with E-state index in [4.69, 9.17) is 18.9 Å². The highest BCUT2D eigenvalue weighted by molar-refractivity contribution is 4.51. The van der Waals surface area contributed by atoms with Gasteiger partial charge in [-0.05, 0) is 27.7 Å². The first-order valence-electron chi connectivity index (χ1n) is 5.26. The lowest BCUT2D eigenvalue weighted by molar-refractivity contribution is -0.328. The maximum absolute atomic E-state index is 9.75. The third kappa shape index (κ3) is 5.74. The summed E-state index contributed by atoms with van der Waals surface area (Å²) in [5.74, 6) is 0. The van der Waals surface area contributed by atoms with Crippen molar-refractivity contribution in [1.29, 1.82) is 0 Å². The summed E-state index contributed by atoms with van der Waals surface area (Å²) in [6.45, 7) is 6.89. The van der Waals surface area contributed by atoms with Gasteiger partial charge in [0.15, 0.2) is 12.6 Å². The third-order valence-electron chi connectivity index (χ3n) is 2.19. The van der Waals surface area contributed by atoms with Crippen molar-refractivity contribution in [2.45, 2.75) is 52.7 Å². The molecule has 0 aromatic heterocycles. The van der Waals surface area contributed by atoms with Gasteiger partial charge in [-0.3, -0.25) is 0 Å². The number of ether oxygens (including phenoxy) is 4. The van der Waals surface area contributed by atoms with Crippen LogP contribution in [-0.4, -0.2) is 49.5 Å². The van der Waals surface area contributed by atoms with Gasteiger partial charge in [0.05, 0.1) is 0 Å². The van der Waals surface area contributed by atoms with Crippen LogP contribution in [0.15, 0.2) is 0 Å². The van der Waals surface area contributed by atoms with Crippen molar-refractivity contribution < 1.29 is 24.2 Å². The van der Waals surface area contributed by atoms with Crippen LogP contribution in [0.2, 0.25) is 0 Å². The van der Waals surface area contributed by atoms with Crippen LogP contribution in [0.5, 0.6) is 0 Å². The molecular weight excluding hydrogens is 214 g/mol. The first kappa shape index (κ1) is 15.8. The normalized spacial score (nSPS) is 19.5. The molecule has 0 heterocycles. The van der Waals surface area contributed by atoms with Gasteiger partial charge in [0, 0.05) is 14.2 Å². The summed E-state index contributed by atoms with van der Waals surface area (Å²) in [6, 6.07) is 0. The molecule has 0 amide bonds. The van der Waals surface area contributed by atoms with Gasteiger partial charge in [0.25, 0.3) is 0 Å². The average Bonchev–Trinajstić information content (AvgIpc) is 2.27. The van der Waals surface area contributed by atoms with E-state index in [1.165, 1.54) is 14.2 Å². The Morgan fingerprint density at radius 1 is 0.812 bits per heavy atom. The predicted molar refractivity (Wildman–Crippen MR) is 57.7 cm³/mol. The molecule has 0 bridgehead atoms. The molecule has 4 unspecified atom stereocenters. The van der Waals surface area contributed by atoms with Crippen LogP contribution in [0.3, 0.4) is 0 Å². The van der Waals surface area contributed by atoms with Crippen LogP contribution in [-0.2, 0) is 18.9 Å². The zero-order chi connectivity index (χ0) is 12.7. The third-order valence-corrected chi connectivity index (χ3v) is 2.19. The topological polar surface area (TPSA) is 60.4 Å². The maximum atomic E-state index is 9.75. The summed E-state index contributed by atoms with van der Waals surface area (Å²) < 4.78 is 20.5. The Labute approximate surface area is 97.0 Å². The van der Waals surface area contributed by atoms with Crippen molar-refractivity contribution in [1.82, 2.24) is 5.06 Å². The Hall–Kier alpha value is -0.240. The van der Waals surface area contributed by atoms with Crippen LogP contribution in [0.4, 0.5) is 0 Å². The fourth-order valence-electron chi connectivity index (χ4n) is 1.09. The molecule has 16 heavy (non-hydrogen) atoms. The van der Waals surface area contributed by atoms with Crippen molar-refractivity contribution in [3.63, 3.8) is 0 Å². The number of hydrogen-bond acceptors (Lipinski definition) is 6. The number of hydroxylamine groups is 2. The van der Waals surface area contributed by atoms with Crippen molar-refractivity contribution in [2.75, 3.05) is 14.2 Å². The highest BCUT2D eigenvalue weighted by Crippen LogP contribution is 2.09. The van der Waals surface area contributed by atoms with E-state index in [1.807, 2.05) is 0 Å². The van der Waals surface area contributed by atoms with Crippen molar-refractivity contribution in [2.24, 2.45) is 0 Å². The van der Waals surface area contributed by atoms with E-state index in [1.54, 1.807) is 27.7 Å². The molecule has 0 rings (SSSR count). The monoisotopic (exact) mass is 237 g/mol. The Bertz CT molecular complexity index is 163. The van der Waals surface area contributed by atoms with E-state index in [-0.39, 0.29) is 0 Å². The van der Waals surface area contributed by atoms with Gasteiger partial charge in [-0.25, -0.2) is 0 Å². The second-order valence-corrected chi connectivity index (χ2v) is 3.46. The van der Waals surface area contributed by atoms with Crippen LogP contribution < -0.4 is 0 Å². The van der Waals surface area contributed by atoms with Gasteiger partial charge < -0.3 is 24.2 Å². The SMILES string of the molecule is COC(C)OC(C)N(O)C(C)OC(C)OC. The zero-order valence-corrected chi connectivity index (χ0v) is 10.8. The molecular formula is C10H23NO5. The van der Waals surface area contributed by atoms with Crippen LogP contribution in [0.25, 0.3) is 0 Å². The summed E-state index contributed by atoms with van der Waals surface area (Å²) in [5, 5.41) is 10.7. The standard InChI is InChI=1S/C10H23NO5/c1-7(15-9(3)13-5)11(12)8(2)16-10(4)14-6/h7-10,12H,1-6H3. The van der Waals surface area contributed by atoms with E-state index in [2.05, 4.69) is 0 Å². The molecule has 6 heteroatoms. The molecule has 0 aliphatic heterocycles. The molecule has 0 saturated heterocycles. The Morgan fingerprint density at radius 3 is 1.38 bits per heavy atom. The smallest absolute Gasteiger partial charge is 0.156 e. The summed E-state index contributed by atoms with van der Waals surface area (Å²) >= 11 is 0. The number of rotatable bonds is 8.